The van der Waals surface area contributed by atoms with Crippen molar-refractivity contribution in [3.63, 3.8) is 0 Å². The maximum atomic E-state index is 12.9. The first-order valence-corrected chi connectivity index (χ1v) is 8.37. The summed E-state index contributed by atoms with van der Waals surface area (Å²) < 4.78 is 16.3. The molecule has 0 radical (unpaired) electrons. The fourth-order valence-electron chi connectivity index (χ4n) is 3.24. The van der Waals surface area contributed by atoms with E-state index in [1.54, 1.807) is 6.92 Å². The maximum absolute atomic E-state index is 12.9. The highest BCUT2D eigenvalue weighted by Gasteiger charge is 2.32. The molecule has 1 N–H and O–H groups in total. The van der Waals surface area contributed by atoms with E-state index in [1.807, 2.05) is 24.3 Å². The summed E-state index contributed by atoms with van der Waals surface area (Å²) in [6.07, 6.45) is 3.15. The van der Waals surface area contributed by atoms with E-state index in [4.69, 9.17) is 13.7 Å². The van der Waals surface area contributed by atoms with Crippen LogP contribution in [0.4, 0.5) is 0 Å². The summed E-state index contributed by atoms with van der Waals surface area (Å²) in [6.45, 7) is 3.09. The van der Waals surface area contributed by atoms with Crippen LogP contribution in [0.15, 0.2) is 39.5 Å². The molecule has 7 heteroatoms. The van der Waals surface area contributed by atoms with Crippen molar-refractivity contribution in [2.75, 3.05) is 13.2 Å². The number of aromatic nitrogens is 2. The third-order valence-electron chi connectivity index (χ3n) is 4.56. The Balaban J connectivity index is 1.62. The molecule has 3 aromatic rings. The first-order valence-electron chi connectivity index (χ1n) is 8.37. The van der Waals surface area contributed by atoms with Gasteiger partial charge in [-0.15, -0.1) is 0 Å². The number of hydrogen-bond acceptors (Lipinski definition) is 6. The van der Waals surface area contributed by atoms with E-state index < -0.39 is 0 Å². The molecule has 0 bridgehead atoms. The van der Waals surface area contributed by atoms with E-state index in [-0.39, 0.29) is 17.9 Å². The summed E-state index contributed by atoms with van der Waals surface area (Å²) in [5, 5.41) is 7.71. The molecule has 0 aliphatic carbocycles. The summed E-state index contributed by atoms with van der Waals surface area (Å²) in [4.78, 5) is 17.2. The Morgan fingerprint density at radius 3 is 2.84 bits per heavy atom. The van der Waals surface area contributed by atoms with Gasteiger partial charge in [-0.25, -0.2) is 0 Å². The number of rotatable bonds is 4. The molecular weight excluding hydrogens is 322 g/mol. The molecule has 3 heterocycles. The highest BCUT2D eigenvalue weighted by atomic mass is 16.5. The Morgan fingerprint density at radius 2 is 2.08 bits per heavy atom. The van der Waals surface area contributed by atoms with Gasteiger partial charge in [0.1, 0.15) is 17.9 Å². The Kier molecular flexibility index (Phi) is 4.23. The number of nitrogens with one attached hydrogen (secondary N) is 1. The van der Waals surface area contributed by atoms with Gasteiger partial charge in [-0.05, 0) is 31.7 Å². The van der Waals surface area contributed by atoms with E-state index in [0.29, 0.717) is 36.1 Å². The quantitative estimate of drug-likeness (QED) is 0.784. The average molecular weight is 341 g/mol. The fourth-order valence-corrected chi connectivity index (χ4v) is 3.24. The number of carbonyl (C=O) groups is 1. The van der Waals surface area contributed by atoms with Crippen molar-refractivity contribution in [1.29, 1.82) is 0 Å². The first-order chi connectivity index (χ1) is 12.2. The Hall–Kier alpha value is -2.67. The fraction of sp³-hybridized carbons (Fsp3) is 0.389. The van der Waals surface area contributed by atoms with Gasteiger partial charge in [-0.2, -0.15) is 4.98 Å². The van der Waals surface area contributed by atoms with Crippen molar-refractivity contribution < 1.29 is 18.5 Å². The molecule has 1 aliphatic rings. The zero-order valence-electron chi connectivity index (χ0n) is 13.9. The molecule has 2 aromatic heterocycles. The number of amides is 1. The van der Waals surface area contributed by atoms with Crippen LogP contribution in [0.25, 0.3) is 11.0 Å². The molecule has 1 aromatic carbocycles. The molecule has 25 heavy (non-hydrogen) atoms. The molecule has 1 fully saturated rings. The molecular formula is C18H19N3O4. The lowest BCUT2D eigenvalue weighted by atomic mass is 9.91. The van der Waals surface area contributed by atoms with Gasteiger partial charge in [-0.1, -0.05) is 23.4 Å². The Morgan fingerprint density at radius 1 is 1.28 bits per heavy atom. The van der Waals surface area contributed by atoms with Crippen LogP contribution in [0.1, 0.15) is 41.0 Å². The summed E-state index contributed by atoms with van der Waals surface area (Å²) in [7, 11) is 0. The Bertz CT molecular complexity index is 879. The number of fused-ring (bicyclic) bond motifs is 1. The van der Waals surface area contributed by atoms with Gasteiger partial charge in [0.15, 0.2) is 5.82 Å². The van der Waals surface area contributed by atoms with Crippen LogP contribution in [-0.4, -0.2) is 29.3 Å². The molecule has 1 atom stereocenters. The smallest absolute Gasteiger partial charge is 0.255 e. The van der Waals surface area contributed by atoms with Crippen LogP contribution in [0.3, 0.4) is 0 Å². The zero-order valence-corrected chi connectivity index (χ0v) is 13.9. The van der Waals surface area contributed by atoms with Crippen molar-refractivity contribution >= 4 is 16.9 Å². The van der Waals surface area contributed by atoms with Crippen LogP contribution in [-0.2, 0) is 4.74 Å². The van der Waals surface area contributed by atoms with Gasteiger partial charge in [0.05, 0.1) is 5.56 Å². The van der Waals surface area contributed by atoms with Crippen molar-refractivity contribution in [1.82, 2.24) is 15.5 Å². The normalized spacial score (nSPS) is 16.8. The molecule has 1 saturated heterocycles. The van der Waals surface area contributed by atoms with Crippen molar-refractivity contribution in [3.05, 3.63) is 47.8 Å². The number of ether oxygens (including phenoxy) is 1. The van der Waals surface area contributed by atoms with Gasteiger partial charge in [0.25, 0.3) is 5.91 Å². The van der Waals surface area contributed by atoms with Crippen molar-refractivity contribution in [2.45, 2.75) is 25.8 Å². The molecule has 0 saturated carbocycles. The summed E-state index contributed by atoms with van der Waals surface area (Å²) in [6, 6.07) is 7.12. The van der Waals surface area contributed by atoms with E-state index in [9.17, 15) is 4.79 Å². The van der Waals surface area contributed by atoms with Gasteiger partial charge in [0, 0.05) is 18.6 Å². The van der Waals surface area contributed by atoms with Crippen LogP contribution in [0.5, 0.6) is 0 Å². The van der Waals surface area contributed by atoms with Gasteiger partial charge in [-0.3, -0.25) is 4.79 Å². The van der Waals surface area contributed by atoms with Gasteiger partial charge >= 0.3 is 0 Å². The molecule has 1 amide bonds. The first kappa shape index (κ1) is 15.8. The zero-order chi connectivity index (χ0) is 17.2. The van der Waals surface area contributed by atoms with Gasteiger partial charge < -0.3 is 19.0 Å². The molecule has 4 rings (SSSR count). The lowest BCUT2D eigenvalue weighted by Gasteiger charge is -2.28. The van der Waals surface area contributed by atoms with Crippen molar-refractivity contribution in [2.24, 2.45) is 5.92 Å². The number of aryl methyl sites for hydroxylation is 1. The minimum Gasteiger partial charge on any atom is -0.463 e. The number of nitrogens with zero attached hydrogens (tertiary/aromatic N) is 2. The number of furan rings is 1. The standard InChI is InChI=1S/C18H19N3O4/c1-11-19-18(25-21-11)16(12-6-8-23-9-7-12)20-17(22)14-10-24-15-5-3-2-4-13(14)15/h2-5,10,12,16H,6-9H2,1H3,(H,20,22). The van der Waals surface area contributed by atoms with E-state index in [2.05, 4.69) is 15.5 Å². The van der Waals surface area contributed by atoms with Crippen LogP contribution < -0.4 is 5.32 Å². The molecule has 0 spiro atoms. The molecule has 1 aliphatic heterocycles. The number of hydrogen-bond donors (Lipinski definition) is 1. The molecule has 1 unspecified atom stereocenters. The predicted molar refractivity (Wildman–Crippen MR) is 89.0 cm³/mol. The van der Waals surface area contributed by atoms with E-state index in [0.717, 1.165) is 18.2 Å². The minimum atomic E-state index is -0.341. The third-order valence-corrected chi connectivity index (χ3v) is 4.56. The van der Waals surface area contributed by atoms with E-state index in [1.165, 1.54) is 6.26 Å². The topological polar surface area (TPSA) is 90.4 Å². The monoisotopic (exact) mass is 341 g/mol. The van der Waals surface area contributed by atoms with Crippen LogP contribution >= 0.6 is 0 Å². The molecule has 7 nitrogen and oxygen atoms in total. The second-order valence-corrected chi connectivity index (χ2v) is 6.23. The van der Waals surface area contributed by atoms with Crippen LogP contribution in [0, 0.1) is 12.8 Å². The minimum absolute atomic E-state index is 0.190. The average Bonchev–Trinajstić information content (AvgIpc) is 3.26. The lowest BCUT2D eigenvalue weighted by molar-refractivity contribution is 0.0468. The molecule has 130 valence electrons. The third kappa shape index (κ3) is 3.15. The number of para-hydroxylation sites is 1. The van der Waals surface area contributed by atoms with Gasteiger partial charge in [0.2, 0.25) is 5.89 Å². The second-order valence-electron chi connectivity index (χ2n) is 6.23. The summed E-state index contributed by atoms with van der Waals surface area (Å²) in [5.74, 6) is 0.966. The largest absolute Gasteiger partial charge is 0.463 e. The number of carbonyl (C=O) groups excluding carboxylic acids is 1. The SMILES string of the molecule is Cc1noc(C(NC(=O)c2coc3ccccc23)C2CCOCC2)n1. The van der Waals surface area contributed by atoms with Crippen LogP contribution in [0.2, 0.25) is 0 Å². The number of benzene rings is 1. The highest BCUT2D eigenvalue weighted by molar-refractivity contribution is 6.06. The summed E-state index contributed by atoms with van der Waals surface area (Å²) >= 11 is 0. The lowest BCUT2D eigenvalue weighted by Crippen LogP contribution is -2.36. The van der Waals surface area contributed by atoms with E-state index >= 15 is 0 Å². The maximum Gasteiger partial charge on any atom is 0.255 e. The highest BCUT2D eigenvalue weighted by Crippen LogP contribution is 2.30. The summed E-state index contributed by atoms with van der Waals surface area (Å²) in [5.41, 5.74) is 1.19. The second kappa shape index (κ2) is 6.68. The predicted octanol–water partition coefficient (Wildman–Crippen LogP) is 3.02. The Labute approximate surface area is 144 Å². The van der Waals surface area contributed by atoms with Crippen molar-refractivity contribution in [3.8, 4) is 0 Å².